The molecule has 9 atom stereocenters. The van der Waals surface area contributed by atoms with E-state index in [1.807, 2.05) is 110 Å². The number of thioether (sulfide) groups is 1. The van der Waals surface area contributed by atoms with Gasteiger partial charge in [-0.15, -0.1) is 11.8 Å². The van der Waals surface area contributed by atoms with Crippen molar-refractivity contribution in [1.82, 2.24) is 42.2 Å². The highest BCUT2D eigenvalue weighted by Crippen LogP contribution is 2.34. The summed E-state index contributed by atoms with van der Waals surface area (Å²) in [6, 6.07) is 11.1. The summed E-state index contributed by atoms with van der Waals surface area (Å²) in [6.07, 6.45) is 2.68. The van der Waals surface area contributed by atoms with E-state index in [9.17, 15) is 28.8 Å². The van der Waals surface area contributed by atoms with Crippen LogP contribution in [0.25, 0.3) is 10.9 Å². The highest BCUT2D eigenvalue weighted by molar-refractivity contribution is 8.00. The van der Waals surface area contributed by atoms with Crippen LogP contribution in [0.4, 0.5) is 0 Å². The summed E-state index contributed by atoms with van der Waals surface area (Å²) < 4.78 is 0. The minimum Gasteiger partial charge on any atom is -0.361 e. The van der Waals surface area contributed by atoms with E-state index in [0.29, 0.717) is 6.42 Å². The summed E-state index contributed by atoms with van der Waals surface area (Å²) in [4.78, 5) is 89.3. The second-order valence-corrected chi connectivity index (χ2v) is 20.1. The van der Waals surface area contributed by atoms with Crippen LogP contribution in [0.3, 0.4) is 0 Å². The number of amides is 6. The average molecular weight is 873 g/mol. The molecule has 2 bridgehead atoms. The standard InChI is InChI=1S/C47H68N8O6S/c1-24(2)20-33-42(57)51-37(26(5)6)44(59)52-38(27(7)8)45(60)54-39(28(9)10)47-55-40(35(62-47)21-29-16-12-11-13-17-29)46(61)53-36(25(3)4)43(58)50-34(41(56)49-33)22-30-23-48-32-19-15-14-18-31(30)32/h11-19,23-28,33-40,47-48,55H,20-22H2,1-10H3,(H,49,56)(H,50,58)(H,51,57)(H,52,59)(H,53,61)(H,54,60). The number of hydrogen-bond acceptors (Lipinski definition) is 8. The number of rotatable bonds is 10. The number of fused-ring (bicyclic) bond motifs is 3. The number of aromatic amines is 1. The molecule has 3 aromatic rings. The molecule has 62 heavy (non-hydrogen) atoms. The quantitative estimate of drug-likeness (QED) is 0.150. The lowest BCUT2D eigenvalue weighted by Crippen LogP contribution is -2.61. The second-order valence-electron chi connectivity index (χ2n) is 18.7. The molecule has 15 heteroatoms. The van der Waals surface area contributed by atoms with Gasteiger partial charge in [-0.1, -0.05) is 118 Å². The Bertz CT molecular complexity index is 2040. The summed E-state index contributed by atoms with van der Waals surface area (Å²) in [5, 5.41) is 21.7. The monoisotopic (exact) mass is 872 g/mol. The van der Waals surface area contributed by atoms with Gasteiger partial charge < -0.3 is 36.9 Å². The summed E-state index contributed by atoms with van der Waals surface area (Å²) in [5.41, 5.74) is 2.68. The van der Waals surface area contributed by atoms with Gasteiger partial charge in [-0.25, -0.2) is 0 Å². The maximum atomic E-state index is 14.6. The Balaban J connectivity index is 1.58. The molecule has 2 fully saturated rings. The van der Waals surface area contributed by atoms with Gasteiger partial charge in [-0.2, -0.15) is 0 Å². The molecule has 9 unspecified atom stereocenters. The Kier molecular flexibility index (Phi) is 16.7. The maximum absolute atomic E-state index is 14.6. The molecule has 0 aliphatic carbocycles. The molecule has 2 aromatic carbocycles. The van der Waals surface area contributed by atoms with E-state index in [0.717, 1.165) is 22.0 Å². The van der Waals surface area contributed by atoms with Crippen LogP contribution in [0.2, 0.25) is 0 Å². The first-order chi connectivity index (χ1) is 29.3. The predicted octanol–water partition coefficient (Wildman–Crippen LogP) is 3.95. The van der Waals surface area contributed by atoms with Crippen molar-refractivity contribution in [3.05, 3.63) is 71.9 Å². The number of hydrogen-bond donors (Lipinski definition) is 8. The first kappa shape index (κ1) is 48.1. The van der Waals surface area contributed by atoms with E-state index in [2.05, 4.69) is 42.2 Å². The zero-order chi connectivity index (χ0) is 45.4. The van der Waals surface area contributed by atoms with Gasteiger partial charge in [0, 0.05) is 28.8 Å². The largest absolute Gasteiger partial charge is 0.361 e. The number of aromatic nitrogens is 1. The van der Waals surface area contributed by atoms with Crippen molar-refractivity contribution in [2.45, 2.75) is 141 Å². The van der Waals surface area contributed by atoms with E-state index in [4.69, 9.17) is 0 Å². The molecule has 8 N–H and O–H groups in total. The molecule has 2 aliphatic heterocycles. The van der Waals surface area contributed by atoms with Crippen molar-refractivity contribution < 1.29 is 28.8 Å². The fraction of sp³-hybridized carbons (Fsp3) is 0.574. The molecule has 0 spiro atoms. The third-order valence-electron chi connectivity index (χ3n) is 11.8. The van der Waals surface area contributed by atoms with E-state index in [1.165, 1.54) is 0 Å². The van der Waals surface area contributed by atoms with Gasteiger partial charge in [-0.05, 0) is 59.6 Å². The Labute approximate surface area is 370 Å². The normalized spacial score (nSPS) is 27.5. The Morgan fingerprint density at radius 3 is 1.65 bits per heavy atom. The highest BCUT2D eigenvalue weighted by Gasteiger charge is 2.45. The van der Waals surface area contributed by atoms with Gasteiger partial charge in [0.05, 0.1) is 17.5 Å². The molecule has 2 saturated heterocycles. The van der Waals surface area contributed by atoms with Crippen LogP contribution >= 0.6 is 11.8 Å². The summed E-state index contributed by atoms with van der Waals surface area (Å²) >= 11 is 1.57. The number of nitrogens with one attached hydrogen (secondary N) is 8. The van der Waals surface area contributed by atoms with Gasteiger partial charge >= 0.3 is 0 Å². The fourth-order valence-corrected chi connectivity index (χ4v) is 9.99. The van der Waals surface area contributed by atoms with Crippen molar-refractivity contribution in [2.75, 3.05) is 0 Å². The molecule has 5 rings (SSSR count). The molecule has 338 valence electrons. The van der Waals surface area contributed by atoms with Crippen LogP contribution in [-0.4, -0.2) is 93.3 Å². The number of benzene rings is 2. The van der Waals surface area contributed by atoms with Crippen LogP contribution in [-0.2, 0) is 41.6 Å². The summed E-state index contributed by atoms with van der Waals surface area (Å²) in [7, 11) is 0. The van der Waals surface area contributed by atoms with Crippen LogP contribution in [0.1, 0.15) is 86.8 Å². The number of para-hydroxylation sites is 1. The third-order valence-corrected chi connectivity index (χ3v) is 13.3. The Morgan fingerprint density at radius 1 is 0.532 bits per heavy atom. The molecule has 14 nitrogen and oxygen atoms in total. The third kappa shape index (κ3) is 12.2. The second kappa shape index (κ2) is 21.5. The van der Waals surface area contributed by atoms with Gasteiger partial charge in [0.25, 0.3) is 0 Å². The molecule has 2 aliphatic rings. The van der Waals surface area contributed by atoms with Crippen molar-refractivity contribution in [1.29, 1.82) is 0 Å². The van der Waals surface area contributed by atoms with E-state index < -0.39 is 71.3 Å². The lowest BCUT2D eigenvalue weighted by molar-refractivity contribution is -0.136. The Hall–Kier alpha value is -4.89. The molecular formula is C47H68N8O6S. The zero-order valence-corrected chi connectivity index (χ0v) is 38.7. The average Bonchev–Trinajstić information content (AvgIpc) is 3.82. The lowest BCUT2D eigenvalue weighted by Gasteiger charge is -2.32. The number of carbonyl (C=O) groups excluding carboxylic acids is 6. The fourth-order valence-electron chi connectivity index (χ4n) is 8.19. The van der Waals surface area contributed by atoms with Crippen LogP contribution < -0.4 is 37.2 Å². The molecule has 0 saturated carbocycles. The summed E-state index contributed by atoms with van der Waals surface area (Å²) in [5.74, 6) is -4.18. The van der Waals surface area contributed by atoms with E-state index >= 15 is 0 Å². The van der Waals surface area contributed by atoms with Gasteiger partial charge in [0.2, 0.25) is 35.4 Å². The van der Waals surface area contributed by atoms with Crippen molar-refractivity contribution in [3.63, 3.8) is 0 Å². The number of H-pyrrole nitrogens is 1. The van der Waals surface area contributed by atoms with Crippen molar-refractivity contribution >= 4 is 58.1 Å². The van der Waals surface area contributed by atoms with Gasteiger partial charge in [0.15, 0.2) is 0 Å². The maximum Gasteiger partial charge on any atom is 0.243 e. The smallest absolute Gasteiger partial charge is 0.243 e. The zero-order valence-electron chi connectivity index (χ0n) is 37.8. The van der Waals surface area contributed by atoms with Crippen LogP contribution in [0.15, 0.2) is 60.8 Å². The highest BCUT2D eigenvalue weighted by atomic mass is 32.2. The Morgan fingerprint density at radius 2 is 1.05 bits per heavy atom. The molecule has 6 amide bonds. The molecule has 0 radical (unpaired) electrons. The first-order valence-electron chi connectivity index (χ1n) is 22.2. The lowest BCUT2D eigenvalue weighted by atomic mass is 9.97. The van der Waals surface area contributed by atoms with E-state index in [-0.39, 0.29) is 59.5 Å². The first-order valence-corrected chi connectivity index (χ1v) is 23.1. The predicted molar refractivity (Wildman–Crippen MR) is 245 cm³/mol. The number of carbonyl (C=O) groups is 6. The van der Waals surface area contributed by atoms with E-state index in [1.54, 1.807) is 31.8 Å². The van der Waals surface area contributed by atoms with Crippen LogP contribution in [0.5, 0.6) is 0 Å². The van der Waals surface area contributed by atoms with Crippen LogP contribution in [0, 0.1) is 29.6 Å². The van der Waals surface area contributed by atoms with Gasteiger partial charge in [-0.3, -0.25) is 34.1 Å². The van der Waals surface area contributed by atoms with Gasteiger partial charge in [0.1, 0.15) is 30.2 Å². The van der Waals surface area contributed by atoms with Crippen molar-refractivity contribution in [3.8, 4) is 0 Å². The molecular weight excluding hydrogens is 805 g/mol. The van der Waals surface area contributed by atoms with Crippen molar-refractivity contribution in [2.24, 2.45) is 29.6 Å². The minimum absolute atomic E-state index is 0.0372. The summed E-state index contributed by atoms with van der Waals surface area (Å²) in [6.45, 7) is 18.8. The minimum atomic E-state index is -1.15. The SMILES string of the molecule is CC(C)CC1NC(=O)C(Cc2c[nH]c3ccccc23)NC(=O)C(C(C)C)NC(=O)C2NC(SC2Cc2ccccc2)C(C(C)C)NC(=O)C(C(C)C)NC(=O)C(C(C)C)NC1=O. The molecule has 3 heterocycles. The molecule has 1 aromatic heterocycles. The topological polar surface area (TPSA) is 202 Å².